The number of benzene rings is 1. The van der Waals surface area contributed by atoms with E-state index in [0.29, 0.717) is 0 Å². The van der Waals surface area contributed by atoms with Crippen molar-refractivity contribution in [3.63, 3.8) is 0 Å². The zero-order valence-electron chi connectivity index (χ0n) is 12.9. The number of hydrogen-bond acceptors (Lipinski definition) is 3. The Morgan fingerprint density at radius 3 is 2.62 bits per heavy atom. The first kappa shape index (κ1) is 15.9. The summed E-state index contributed by atoms with van der Waals surface area (Å²) in [5.74, 6) is 1.88. The molecule has 0 aliphatic carbocycles. The zero-order valence-corrected chi connectivity index (χ0v) is 13.7. The lowest BCUT2D eigenvalue weighted by Crippen LogP contribution is -2.21. The Hall–Kier alpha value is -1.45. The largest absolute Gasteiger partial charge is 0.464 e. The minimum Gasteiger partial charge on any atom is -0.464 e. The van der Waals surface area contributed by atoms with Crippen LogP contribution in [0, 0.1) is 6.92 Å². The number of anilines is 1. The van der Waals surface area contributed by atoms with Crippen LogP contribution in [0.4, 0.5) is 5.69 Å². The predicted molar refractivity (Wildman–Crippen MR) is 89.0 cm³/mol. The van der Waals surface area contributed by atoms with Crippen molar-refractivity contribution >= 4 is 17.3 Å². The maximum atomic E-state index is 6.38. The molecule has 114 valence electrons. The van der Waals surface area contributed by atoms with Gasteiger partial charge >= 0.3 is 0 Å². The van der Waals surface area contributed by atoms with Crippen molar-refractivity contribution in [3.8, 4) is 0 Å². The van der Waals surface area contributed by atoms with Crippen molar-refractivity contribution in [2.75, 3.05) is 11.9 Å². The van der Waals surface area contributed by atoms with Crippen LogP contribution in [0.3, 0.4) is 0 Å². The second-order valence-electron chi connectivity index (χ2n) is 5.52. The lowest BCUT2D eigenvalue weighted by molar-refractivity contribution is 0.482. The van der Waals surface area contributed by atoms with Gasteiger partial charge in [-0.3, -0.25) is 0 Å². The van der Waals surface area contributed by atoms with Gasteiger partial charge in [0.1, 0.15) is 11.5 Å². The third-order valence-corrected chi connectivity index (χ3v) is 4.02. The molecule has 1 aromatic heterocycles. The molecule has 21 heavy (non-hydrogen) atoms. The fourth-order valence-corrected chi connectivity index (χ4v) is 2.51. The molecule has 1 atom stereocenters. The molecule has 2 rings (SSSR count). The SMILES string of the molecule is CCC(N)Cc1ccc(N(C)Cc2ccc(C)o2)cc1Cl. The zero-order chi connectivity index (χ0) is 15.4. The molecule has 0 amide bonds. The molecule has 1 unspecified atom stereocenters. The molecule has 0 aliphatic heterocycles. The molecule has 1 heterocycles. The monoisotopic (exact) mass is 306 g/mol. The lowest BCUT2D eigenvalue weighted by atomic mass is 10.0. The van der Waals surface area contributed by atoms with Gasteiger partial charge in [-0.15, -0.1) is 0 Å². The van der Waals surface area contributed by atoms with Crippen LogP contribution in [0.2, 0.25) is 5.02 Å². The normalized spacial score (nSPS) is 12.4. The van der Waals surface area contributed by atoms with E-state index in [1.807, 2.05) is 32.2 Å². The summed E-state index contributed by atoms with van der Waals surface area (Å²) in [4.78, 5) is 2.12. The van der Waals surface area contributed by atoms with E-state index < -0.39 is 0 Å². The number of halogens is 1. The first-order valence-corrected chi connectivity index (χ1v) is 7.68. The van der Waals surface area contributed by atoms with E-state index >= 15 is 0 Å². The Balaban J connectivity index is 2.08. The summed E-state index contributed by atoms with van der Waals surface area (Å²) in [5.41, 5.74) is 8.18. The highest BCUT2D eigenvalue weighted by molar-refractivity contribution is 6.31. The van der Waals surface area contributed by atoms with E-state index in [1.165, 1.54) is 0 Å². The van der Waals surface area contributed by atoms with Crippen LogP contribution >= 0.6 is 11.6 Å². The second-order valence-corrected chi connectivity index (χ2v) is 5.92. The summed E-state index contributed by atoms with van der Waals surface area (Å²) in [7, 11) is 2.03. The first-order valence-electron chi connectivity index (χ1n) is 7.30. The van der Waals surface area contributed by atoms with E-state index in [-0.39, 0.29) is 6.04 Å². The average Bonchev–Trinajstić information content (AvgIpc) is 2.86. The standard InChI is InChI=1S/C17H23ClN2O/c1-4-14(19)9-13-6-7-15(10-17(13)18)20(3)11-16-8-5-12(2)21-16/h5-8,10,14H,4,9,11,19H2,1-3H3. The summed E-state index contributed by atoms with van der Waals surface area (Å²) >= 11 is 6.38. The Kier molecular flexibility index (Phi) is 5.32. The van der Waals surface area contributed by atoms with Crippen molar-refractivity contribution in [1.29, 1.82) is 0 Å². The van der Waals surface area contributed by atoms with Crippen LogP contribution in [-0.2, 0) is 13.0 Å². The number of nitrogens with two attached hydrogens (primary N) is 1. The van der Waals surface area contributed by atoms with Crippen LogP contribution < -0.4 is 10.6 Å². The lowest BCUT2D eigenvalue weighted by Gasteiger charge is -2.19. The summed E-state index contributed by atoms with van der Waals surface area (Å²) in [6.07, 6.45) is 1.77. The summed E-state index contributed by atoms with van der Waals surface area (Å²) in [6.45, 7) is 4.76. The quantitative estimate of drug-likeness (QED) is 0.871. The molecule has 0 aliphatic rings. The number of rotatable bonds is 6. The van der Waals surface area contributed by atoms with Crippen molar-refractivity contribution in [2.24, 2.45) is 5.73 Å². The van der Waals surface area contributed by atoms with Crippen molar-refractivity contribution < 1.29 is 4.42 Å². The number of furan rings is 1. The molecule has 0 saturated heterocycles. The van der Waals surface area contributed by atoms with Crippen molar-refractivity contribution in [2.45, 2.75) is 39.3 Å². The van der Waals surface area contributed by atoms with Gasteiger partial charge in [-0.1, -0.05) is 24.6 Å². The predicted octanol–water partition coefficient (Wildman–Crippen LogP) is 4.16. The van der Waals surface area contributed by atoms with Gasteiger partial charge in [-0.25, -0.2) is 0 Å². The Labute approximate surface area is 131 Å². The molecular weight excluding hydrogens is 284 g/mol. The molecule has 0 bridgehead atoms. The van der Waals surface area contributed by atoms with Gasteiger partial charge in [0.05, 0.1) is 6.54 Å². The number of nitrogens with zero attached hydrogens (tertiary/aromatic N) is 1. The Morgan fingerprint density at radius 2 is 2.05 bits per heavy atom. The fourth-order valence-electron chi connectivity index (χ4n) is 2.26. The second kappa shape index (κ2) is 7.01. The van der Waals surface area contributed by atoms with Crippen molar-refractivity contribution in [1.82, 2.24) is 0 Å². The summed E-state index contributed by atoms with van der Waals surface area (Å²) in [5, 5.41) is 0.777. The van der Waals surface area contributed by atoms with Crippen LogP contribution in [-0.4, -0.2) is 13.1 Å². The molecule has 4 heteroatoms. The average molecular weight is 307 g/mol. The fraction of sp³-hybridized carbons (Fsp3) is 0.412. The molecule has 2 aromatic rings. The molecule has 1 aromatic carbocycles. The smallest absolute Gasteiger partial charge is 0.123 e. The summed E-state index contributed by atoms with van der Waals surface area (Å²) in [6, 6.07) is 10.3. The first-order chi connectivity index (χ1) is 9.99. The van der Waals surface area contributed by atoms with Gasteiger partial charge in [0.2, 0.25) is 0 Å². The molecule has 0 radical (unpaired) electrons. The van der Waals surface area contributed by atoms with Gasteiger partial charge in [0.25, 0.3) is 0 Å². The summed E-state index contributed by atoms with van der Waals surface area (Å²) < 4.78 is 5.61. The molecular formula is C17H23ClN2O. The third kappa shape index (κ3) is 4.26. The van der Waals surface area contributed by atoms with Crippen LogP contribution in [0.15, 0.2) is 34.7 Å². The van der Waals surface area contributed by atoms with Crippen LogP contribution in [0.25, 0.3) is 0 Å². The van der Waals surface area contributed by atoms with E-state index in [1.54, 1.807) is 0 Å². The minimum absolute atomic E-state index is 0.164. The van der Waals surface area contributed by atoms with Gasteiger partial charge in [-0.2, -0.15) is 0 Å². The topological polar surface area (TPSA) is 42.4 Å². The van der Waals surface area contributed by atoms with E-state index in [9.17, 15) is 0 Å². The molecule has 3 nitrogen and oxygen atoms in total. The van der Waals surface area contributed by atoms with E-state index in [0.717, 1.165) is 47.2 Å². The van der Waals surface area contributed by atoms with Gasteiger partial charge in [0, 0.05) is 23.8 Å². The molecule has 0 fully saturated rings. The Morgan fingerprint density at radius 1 is 1.29 bits per heavy atom. The Bertz CT molecular complexity index is 594. The highest BCUT2D eigenvalue weighted by Crippen LogP contribution is 2.25. The number of aryl methyl sites for hydroxylation is 1. The number of hydrogen-bond donors (Lipinski definition) is 1. The van der Waals surface area contributed by atoms with E-state index in [4.69, 9.17) is 21.8 Å². The maximum Gasteiger partial charge on any atom is 0.123 e. The molecule has 0 saturated carbocycles. The van der Waals surface area contributed by atoms with Gasteiger partial charge in [-0.05, 0) is 49.6 Å². The van der Waals surface area contributed by atoms with Crippen LogP contribution in [0.1, 0.15) is 30.4 Å². The molecule has 0 spiro atoms. The maximum absolute atomic E-state index is 6.38. The van der Waals surface area contributed by atoms with Crippen LogP contribution in [0.5, 0.6) is 0 Å². The van der Waals surface area contributed by atoms with E-state index in [2.05, 4.69) is 24.0 Å². The minimum atomic E-state index is 0.164. The van der Waals surface area contributed by atoms with Crippen molar-refractivity contribution in [3.05, 3.63) is 52.4 Å². The molecule has 2 N–H and O–H groups in total. The highest BCUT2D eigenvalue weighted by Gasteiger charge is 2.10. The third-order valence-electron chi connectivity index (χ3n) is 3.67. The van der Waals surface area contributed by atoms with Gasteiger partial charge < -0.3 is 15.1 Å². The van der Waals surface area contributed by atoms with Gasteiger partial charge in [0.15, 0.2) is 0 Å². The highest BCUT2D eigenvalue weighted by atomic mass is 35.5.